The van der Waals surface area contributed by atoms with E-state index in [9.17, 15) is 22.8 Å². The van der Waals surface area contributed by atoms with E-state index in [1.807, 2.05) is 12.1 Å². The molecule has 0 spiro atoms. The number of hydrazone groups is 1. The Bertz CT molecular complexity index is 1820. The SMILES string of the molecule is O=C(Nc1ccc(N2CCCCC2)cc1C(=O)NN=Cc1ccc(Cl)c(C(F)(F)F)c1)c1cccc(CSCCOCCOCCOCCOCCOCCOCCOCCO)c1. The first-order valence-corrected chi connectivity index (χ1v) is 22.4. The average Bonchev–Trinajstić information content (AvgIpc) is 3.28. The molecule has 2 amide bonds. The van der Waals surface area contributed by atoms with Gasteiger partial charge in [0.25, 0.3) is 11.8 Å². The summed E-state index contributed by atoms with van der Waals surface area (Å²) in [6.45, 7) is 8.03. The number of aliphatic hydroxyl groups is 1. The van der Waals surface area contributed by atoms with Gasteiger partial charge in [-0.2, -0.15) is 30.0 Å². The highest BCUT2D eigenvalue weighted by Crippen LogP contribution is 2.35. The molecule has 14 nitrogen and oxygen atoms in total. The molecule has 1 aliphatic rings. The number of hydrogen-bond acceptors (Lipinski definition) is 13. The maximum atomic E-state index is 13.5. The summed E-state index contributed by atoms with van der Waals surface area (Å²) in [5.74, 6) is 0.339. The number of rotatable bonds is 31. The van der Waals surface area contributed by atoms with Gasteiger partial charge in [0, 0.05) is 35.8 Å². The Morgan fingerprint density at radius 3 is 1.90 bits per heavy atom. The third kappa shape index (κ3) is 20.7. The van der Waals surface area contributed by atoms with Crippen LogP contribution in [0.15, 0.2) is 65.8 Å². The van der Waals surface area contributed by atoms with Crippen LogP contribution < -0.4 is 15.6 Å². The molecule has 1 saturated heterocycles. The van der Waals surface area contributed by atoms with Crippen molar-refractivity contribution in [1.82, 2.24) is 5.43 Å². The van der Waals surface area contributed by atoms with Crippen molar-refractivity contribution in [3.63, 3.8) is 0 Å². The second-order valence-electron chi connectivity index (χ2n) is 13.9. The van der Waals surface area contributed by atoms with Gasteiger partial charge in [-0.1, -0.05) is 29.8 Å². The van der Waals surface area contributed by atoms with Gasteiger partial charge in [-0.15, -0.1) is 0 Å². The molecule has 348 valence electrons. The van der Waals surface area contributed by atoms with Crippen LogP contribution in [0.5, 0.6) is 0 Å². The molecule has 1 heterocycles. The number of aliphatic hydroxyl groups excluding tert-OH is 1. The topological polar surface area (TPSA) is 159 Å². The molecular weight excluding hydrogens is 869 g/mol. The second kappa shape index (κ2) is 30.3. The van der Waals surface area contributed by atoms with Crippen molar-refractivity contribution in [3.05, 3.63) is 93.5 Å². The zero-order chi connectivity index (χ0) is 45.0. The molecule has 3 aromatic carbocycles. The van der Waals surface area contributed by atoms with E-state index in [2.05, 4.69) is 20.7 Å². The number of hydrogen-bond donors (Lipinski definition) is 3. The number of nitrogens with zero attached hydrogens (tertiary/aromatic N) is 2. The van der Waals surface area contributed by atoms with Crippen LogP contribution in [0.1, 0.15) is 56.7 Å². The molecule has 0 unspecified atom stereocenters. The molecule has 63 heavy (non-hydrogen) atoms. The maximum Gasteiger partial charge on any atom is 0.417 e. The van der Waals surface area contributed by atoms with Crippen LogP contribution in [-0.4, -0.2) is 141 Å². The number of amides is 2. The van der Waals surface area contributed by atoms with Gasteiger partial charge in [0.1, 0.15) is 0 Å². The highest BCUT2D eigenvalue weighted by molar-refractivity contribution is 7.98. The van der Waals surface area contributed by atoms with Gasteiger partial charge in [-0.05, 0) is 72.9 Å². The molecule has 0 radical (unpaired) electrons. The Labute approximate surface area is 376 Å². The lowest BCUT2D eigenvalue weighted by molar-refractivity contribution is -0.137. The van der Waals surface area contributed by atoms with Gasteiger partial charge in [0.15, 0.2) is 0 Å². The van der Waals surface area contributed by atoms with E-state index in [4.69, 9.17) is 49.9 Å². The number of nitrogens with one attached hydrogen (secondary N) is 2. The first kappa shape index (κ1) is 51.8. The molecule has 1 fully saturated rings. The van der Waals surface area contributed by atoms with Crippen LogP contribution in [0.3, 0.4) is 0 Å². The molecule has 19 heteroatoms. The van der Waals surface area contributed by atoms with Gasteiger partial charge in [-0.25, -0.2) is 5.43 Å². The van der Waals surface area contributed by atoms with Crippen molar-refractivity contribution >= 4 is 52.8 Å². The Morgan fingerprint density at radius 1 is 0.730 bits per heavy atom. The van der Waals surface area contributed by atoms with E-state index >= 15 is 0 Å². The number of alkyl halides is 3. The molecule has 3 N–H and O–H groups in total. The summed E-state index contributed by atoms with van der Waals surface area (Å²) >= 11 is 7.40. The molecule has 0 aromatic heterocycles. The van der Waals surface area contributed by atoms with E-state index in [0.29, 0.717) is 104 Å². The Balaban J connectivity index is 1.11. The Hall–Kier alpha value is -3.82. The third-order valence-electron chi connectivity index (χ3n) is 9.19. The van der Waals surface area contributed by atoms with Crippen molar-refractivity contribution in [2.45, 2.75) is 31.2 Å². The van der Waals surface area contributed by atoms with E-state index in [1.54, 1.807) is 42.1 Å². The lowest BCUT2D eigenvalue weighted by Crippen LogP contribution is -2.30. The molecular formula is C44H58ClF3N4O10S. The lowest BCUT2D eigenvalue weighted by Gasteiger charge is -2.29. The number of thioether (sulfide) groups is 1. The van der Waals surface area contributed by atoms with Crippen LogP contribution in [0.25, 0.3) is 0 Å². The number of halogens is 4. The van der Waals surface area contributed by atoms with E-state index in [0.717, 1.165) is 67.7 Å². The van der Waals surface area contributed by atoms with Gasteiger partial charge in [0.2, 0.25) is 0 Å². The fourth-order valence-corrected chi connectivity index (χ4v) is 7.05. The molecule has 0 atom stereocenters. The largest absolute Gasteiger partial charge is 0.417 e. The second-order valence-corrected chi connectivity index (χ2v) is 15.4. The number of carbonyl (C=O) groups is 2. The third-order valence-corrected chi connectivity index (χ3v) is 10.5. The summed E-state index contributed by atoms with van der Waals surface area (Å²) in [5, 5.41) is 14.9. The summed E-state index contributed by atoms with van der Waals surface area (Å²) < 4.78 is 78.1. The van der Waals surface area contributed by atoms with E-state index in [1.165, 1.54) is 6.07 Å². The summed E-state index contributed by atoms with van der Waals surface area (Å²) in [7, 11) is 0. The number of anilines is 2. The van der Waals surface area contributed by atoms with Gasteiger partial charge in [0.05, 0.1) is 127 Å². The van der Waals surface area contributed by atoms with Crippen molar-refractivity contribution in [1.29, 1.82) is 0 Å². The summed E-state index contributed by atoms with van der Waals surface area (Å²) in [6, 6.07) is 15.8. The number of ether oxygens (including phenoxy) is 7. The zero-order valence-corrected chi connectivity index (χ0v) is 36.9. The van der Waals surface area contributed by atoms with Crippen molar-refractivity contribution < 1.29 is 61.0 Å². The maximum absolute atomic E-state index is 13.5. The predicted octanol–water partition coefficient (Wildman–Crippen LogP) is 6.71. The molecule has 0 saturated carbocycles. The predicted molar refractivity (Wildman–Crippen MR) is 237 cm³/mol. The fourth-order valence-electron chi connectivity index (χ4n) is 6.03. The summed E-state index contributed by atoms with van der Waals surface area (Å²) in [5.41, 5.74) is 4.04. The highest BCUT2D eigenvalue weighted by Gasteiger charge is 2.33. The standard InChI is InChI=1S/C44H58ClF3N4O10S/c45-40-9-7-34(30-39(40)44(46,47)48)32-49-51-43(55)38-31-37(52-11-2-1-3-12-52)8-10-41(38)50-42(54)36-6-4-5-35(29-36)33-63-28-27-62-26-25-61-24-23-60-22-21-59-20-19-58-18-17-57-16-15-56-14-13-53/h4-10,29-32,53H,1-3,11-28,33H2,(H,50,54)(H,51,55). The van der Waals surface area contributed by atoms with E-state index < -0.39 is 28.6 Å². The smallest absolute Gasteiger partial charge is 0.394 e. The number of piperidine rings is 1. The van der Waals surface area contributed by atoms with Crippen molar-refractivity contribution in [2.24, 2.45) is 5.10 Å². The van der Waals surface area contributed by atoms with Crippen molar-refractivity contribution in [2.75, 3.05) is 128 Å². The monoisotopic (exact) mass is 926 g/mol. The zero-order valence-electron chi connectivity index (χ0n) is 35.3. The lowest BCUT2D eigenvalue weighted by atomic mass is 10.1. The minimum Gasteiger partial charge on any atom is -0.394 e. The molecule has 4 rings (SSSR count). The van der Waals surface area contributed by atoms with Gasteiger partial charge in [-0.3, -0.25) is 9.59 Å². The van der Waals surface area contributed by atoms with Crippen LogP contribution in [0, 0.1) is 0 Å². The Kier molecular flexibility index (Phi) is 25.0. The number of benzene rings is 3. The van der Waals surface area contributed by atoms with Gasteiger partial charge < -0.3 is 48.5 Å². The Morgan fingerprint density at radius 2 is 1.32 bits per heavy atom. The summed E-state index contributed by atoms with van der Waals surface area (Å²) in [6.07, 6.45) is -0.408. The van der Waals surface area contributed by atoms with Crippen LogP contribution in [0.4, 0.5) is 24.5 Å². The van der Waals surface area contributed by atoms with E-state index in [-0.39, 0.29) is 23.4 Å². The van der Waals surface area contributed by atoms with Crippen LogP contribution in [-0.2, 0) is 45.1 Å². The van der Waals surface area contributed by atoms with Crippen molar-refractivity contribution in [3.8, 4) is 0 Å². The minimum atomic E-state index is -4.65. The first-order chi connectivity index (χ1) is 30.7. The molecule has 1 aliphatic heterocycles. The van der Waals surface area contributed by atoms with Gasteiger partial charge >= 0.3 is 6.18 Å². The highest BCUT2D eigenvalue weighted by atomic mass is 35.5. The normalized spacial score (nSPS) is 13.2. The number of carbonyl (C=O) groups excluding carboxylic acids is 2. The minimum absolute atomic E-state index is 0.00395. The quantitative estimate of drug-likeness (QED) is 0.0357. The average molecular weight is 927 g/mol. The molecule has 3 aromatic rings. The molecule has 0 bridgehead atoms. The summed E-state index contributed by atoms with van der Waals surface area (Å²) in [4.78, 5) is 29.1. The fraction of sp³-hybridized carbons (Fsp3) is 0.523. The van der Waals surface area contributed by atoms with Crippen LogP contribution >= 0.6 is 23.4 Å². The first-order valence-electron chi connectivity index (χ1n) is 20.9. The van der Waals surface area contributed by atoms with Crippen LogP contribution in [0.2, 0.25) is 5.02 Å². The molecule has 0 aliphatic carbocycles.